The van der Waals surface area contributed by atoms with E-state index in [1.807, 2.05) is 30.3 Å². The van der Waals surface area contributed by atoms with E-state index in [0.29, 0.717) is 5.56 Å². The van der Waals surface area contributed by atoms with Crippen LogP contribution in [-0.2, 0) is 0 Å². The van der Waals surface area contributed by atoms with Crippen molar-refractivity contribution in [1.82, 2.24) is 5.16 Å². The Balaban J connectivity index is 2.37. The van der Waals surface area contributed by atoms with E-state index in [4.69, 9.17) is 9.63 Å². The van der Waals surface area contributed by atoms with Gasteiger partial charge in [0.2, 0.25) is 0 Å². The van der Waals surface area contributed by atoms with Gasteiger partial charge in [0.1, 0.15) is 6.26 Å². The molecule has 0 radical (unpaired) electrons. The molecule has 1 amide bonds. The first-order valence-electron chi connectivity index (χ1n) is 4.27. The van der Waals surface area contributed by atoms with Crippen molar-refractivity contribution in [3.8, 4) is 11.1 Å². The highest BCUT2D eigenvalue weighted by Crippen LogP contribution is 2.26. The van der Waals surface area contributed by atoms with Crippen LogP contribution < -0.4 is 5.32 Å². The van der Waals surface area contributed by atoms with Crippen LogP contribution in [0, 0.1) is 0 Å². The highest BCUT2D eigenvalue weighted by atomic mass is 16.5. The minimum Gasteiger partial charge on any atom is -0.465 e. The molecule has 5 heteroatoms. The first-order valence-corrected chi connectivity index (χ1v) is 4.27. The number of nitrogens with zero attached hydrogens (tertiary/aromatic N) is 1. The van der Waals surface area contributed by atoms with Crippen molar-refractivity contribution >= 4 is 11.9 Å². The first kappa shape index (κ1) is 9.26. The lowest BCUT2D eigenvalue weighted by molar-refractivity contribution is 0.209. The number of carboxylic acid groups (broad SMARTS) is 1. The van der Waals surface area contributed by atoms with Gasteiger partial charge in [-0.2, -0.15) is 0 Å². The zero-order valence-corrected chi connectivity index (χ0v) is 7.68. The lowest BCUT2D eigenvalue weighted by Gasteiger charge is -1.99. The van der Waals surface area contributed by atoms with Crippen LogP contribution in [0.3, 0.4) is 0 Å². The normalized spacial score (nSPS) is 9.87. The molecule has 0 bridgehead atoms. The fourth-order valence-corrected chi connectivity index (χ4v) is 1.25. The molecular formula is C10H8N2O3. The Morgan fingerprint density at radius 1 is 1.33 bits per heavy atom. The number of amides is 1. The van der Waals surface area contributed by atoms with E-state index < -0.39 is 6.09 Å². The predicted octanol–water partition coefficient (Wildman–Crippen LogP) is 2.43. The van der Waals surface area contributed by atoms with Gasteiger partial charge in [0, 0.05) is 0 Å². The molecule has 0 aliphatic rings. The number of hydrogen-bond acceptors (Lipinski definition) is 3. The van der Waals surface area contributed by atoms with Crippen molar-refractivity contribution in [2.24, 2.45) is 0 Å². The molecule has 0 aliphatic heterocycles. The first-order chi connectivity index (χ1) is 7.27. The minimum absolute atomic E-state index is 0.203. The third kappa shape index (κ3) is 1.96. The number of aromatic nitrogens is 1. The van der Waals surface area contributed by atoms with Crippen LogP contribution >= 0.6 is 0 Å². The van der Waals surface area contributed by atoms with E-state index >= 15 is 0 Å². The van der Waals surface area contributed by atoms with Crippen molar-refractivity contribution in [3.63, 3.8) is 0 Å². The molecule has 15 heavy (non-hydrogen) atoms. The zero-order valence-electron chi connectivity index (χ0n) is 7.68. The van der Waals surface area contributed by atoms with Crippen molar-refractivity contribution in [1.29, 1.82) is 0 Å². The molecule has 0 spiro atoms. The summed E-state index contributed by atoms with van der Waals surface area (Å²) < 4.78 is 4.73. The smallest absolute Gasteiger partial charge is 0.410 e. The summed E-state index contributed by atoms with van der Waals surface area (Å²) in [6.45, 7) is 0. The van der Waals surface area contributed by atoms with Crippen LogP contribution in [0.2, 0.25) is 0 Å². The maximum atomic E-state index is 10.5. The number of rotatable bonds is 2. The monoisotopic (exact) mass is 204 g/mol. The molecule has 0 saturated carbocycles. The Bertz CT molecular complexity index is 465. The second-order valence-electron chi connectivity index (χ2n) is 2.87. The minimum atomic E-state index is -1.17. The van der Waals surface area contributed by atoms with Gasteiger partial charge in [0.15, 0.2) is 5.82 Å². The quantitative estimate of drug-likeness (QED) is 0.787. The Labute approximate surface area is 85.3 Å². The Morgan fingerprint density at radius 2 is 2.07 bits per heavy atom. The molecule has 76 valence electrons. The molecule has 2 N–H and O–H groups in total. The molecule has 5 nitrogen and oxygen atoms in total. The van der Waals surface area contributed by atoms with Crippen molar-refractivity contribution in [2.75, 3.05) is 5.32 Å². The van der Waals surface area contributed by atoms with Crippen molar-refractivity contribution < 1.29 is 14.4 Å². The van der Waals surface area contributed by atoms with E-state index in [2.05, 4.69) is 10.5 Å². The summed E-state index contributed by atoms with van der Waals surface area (Å²) in [6.07, 6.45) is 0.238. The number of anilines is 1. The molecule has 0 unspecified atom stereocenters. The van der Waals surface area contributed by atoms with Gasteiger partial charge in [-0.15, -0.1) is 0 Å². The van der Waals surface area contributed by atoms with Crippen LogP contribution in [-0.4, -0.2) is 16.4 Å². The highest BCUT2D eigenvalue weighted by molar-refractivity contribution is 5.87. The van der Waals surface area contributed by atoms with Crippen LogP contribution in [0.5, 0.6) is 0 Å². The van der Waals surface area contributed by atoms with E-state index in [-0.39, 0.29) is 5.82 Å². The van der Waals surface area contributed by atoms with Gasteiger partial charge >= 0.3 is 6.09 Å². The van der Waals surface area contributed by atoms with Gasteiger partial charge in [0.25, 0.3) is 0 Å². The lowest BCUT2D eigenvalue weighted by atomic mass is 10.1. The number of hydrogen-bond donors (Lipinski definition) is 2. The highest BCUT2D eigenvalue weighted by Gasteiger charge is 2.11. The van der Waals surface area contributed by atoms with E-state index in [1.54, 1.807) is 0 Å². The summed E-state index contributed by atoms with van der Waals surface area (Å²) in [7, 11) is 0. The molecule has 0 fully saturated rings. The SMILES string of the molecule is O=C(O)Nc1nocc1-c1ccccc1. The summed E-state index contributed by atoms with van der Waals surface area (Å²) >= 11 is 0. The maximum absolute atomic E-state index is 10.5. The van der Waals surface area contributed by atoms with Gasteiger partial charge in [-0.3, -0.25) is 5.32 Å². The molecular weight excluding hydrogens is 196 g/mol. The van der Waals surface area contributed by atoms with Crippen LogP contribution in [0.25, 0.3) is 11.1 Å². The van der Waals surface area contributed by atoms with Crippen molar-refractivity contribution in [3.05, 3.63) is 36.6 Å². The van der Waals surface area contributed by atoms with E-state index in [9.17, 15) is 4.79 Å². The molecule has 2 rings (SSSR count). The summed E-state index contributed by atoms with van der Waals surface area (Å²) in [4.78, 5) is 10.5. The topological polar surface area (TPSA) is 75.4 Å². The second-order valence-corrected chi connectivity index (χ2v) is 2.87. The zero-order chi connectivity index (χ0) is 10.7. The van der Waals surface area contributed by atoms with E-state index in [1.165, 1.54) is 6.26 Å². The molecule has 0 atom stereocenters. The average molecular weight is 204 g/mol. The standard InChI is InChI=1S/C10H8N2O3/c13-10(14)11-9-8(6-15-12-9)7-4-2-1-3-5-7/h1-6H,(H,11,12)(H,13,14). The average Bonchev–Trinajstić information content (AvgIpc) is 2.66. The molecule has 1 aromatic carbocycles. The Kier molecular flexibility index (Phi) is 2.37. The Hall–Kier alpha value is -2.30. The largest absolute Gasteiger partial charge is 0.465 e. The van der Waals surface area contributed by atoms with Gasteiger partial charge in [-0.25, -0.2) is 4.79 Å². The molecule has 1 heterocycles. The second kappa shape index (κ2) is 3.83. The van der Waals surface area contributed by atoms with E-state index in [0.717, 1.165) is 5.56 Å². The maximum Gasteiger partial charge on any atom is 0.410 e. The van der Waals surface area contributed by atoms with Gasteiger partial charge in [-0.05, 0) is 5.56 Å². The summed E-state index contributed by atoms with van der Waals surface area (Å²) in [5.41, 5.74) is 1.47. The summed E-state index contributed by atoms with van der Waals surface area (Å²) in [5.74, 6) is 0.203. The van der Waals surface area contributed by atoms with Crippen LogP contribution in [0.15, 0.2) is 41.1 Å². The predicted molar refractivity (Wildman–Crippen MR) is 53.6 cm³/mol. The molecule has 0 saturated heterocycles. The number of benzene rings is 1. The van der Waals surface area contributed by atoms with Crippen LogP contribution in [0.1, 0.15) is 0 Å². The third-order valence-corrected chi connectivity index (χ3v) is 1.88. The van der Waals surface area contributed by atoms with Crippen LogP contribution in [0.4, 0.5) is 10.6 Å². The lowest BCUT2D eigenvalue weighted by Crippen LogP contribution is -2.08. The summed E-state index contributed by atoms with van der Waals surface area (Å²) in [5, 5.41) is 14.3. The van der Waals surface area contributed by atoms with Gasteiger partial charge in [0.05, 0.1) is 5.56 Å². The molecule has 0 aliphatic carbocycles. The van der Waals surface area contributed by atoms with Gasteiger partial charge in [-0.1, -0.05) is 35.5 Å². The number of nitrogens with one attached hydrogen (secondary N) is 1. The van der Waals surface area contributed by atoms with Crippen molar-refractivity contribution in [2.45, 2.75) is 0 Å². The fraction of sp³-hybridized carbons (Fsp3) is 0. The Morgan fingerprint density at radius 3 is 2.73 bits per heavy atom. The third-order valence-electron chi connectivity index (χ3n) is 1.88. The molecule has 1 aromatic heterocycles. The van der Waals surface area contributed by atoms with Gasteiger partial charge < -0.3 is 9.63 Å². The molecule has 2 aromatic rings. The fourth-order valence-electron chi connectivity index (χ4n) is 1.25. The summed E-state index contributed by atoms with van der Waals surface area (Å²) in [6, 6.07) is 9.28. The number of carbonyl (C=O) groups is 1.